The molecule has 0 amide bonds. The van der Waals surface area contributed by atoms with Gasteiger partial charge >= 0.3 is 0 Å². The second-order valence-electron chi connectivity index (χ2n) is 7.95. The summed E-state index contributed by atoms with van der Waals surface area (Å²) in [4.78, 5) is 14.4. The lowest BCUT2D eigenvalue weighted by atomic mass is 10.1. The van der Waals surface area contributed by atoms with Crippen molar-refractivity contribution in [3.8, 4) is 5.75 Å². The molecule has 3 aromatic rings. The van der Waals surface area contributed by atoms with Gasteiger partial charge in [0, 0.05) is 36.8 Å². The Kier molecular flexibility index (Phi) is 9.03. The third kappa shape index (κ3) is 6.81. The van der Waals surface area contributed by atoms with Gasteiger partial charge in [-0.1, -0.05) is 13.3 Å². The van der Waals surface area contributed by atoms with Crippen molar-refractivity contribution in [3.05, 3.63) is 72.3 Å². The Balaban J connectivity index is 1.57. The molecular formula is C27H33N5O2. The molecule has 0 saturated carbocycles. The van der Waals surface area contributed by atoms with E-state index in [0.29, 0.717) is 23.4 Å². The van der Waals surface area contributed by atoms with Gasteiger partial charge in [0.25, 0.3) is 0 Å². The lowest BCUT2D eigenvalue weighted by Crippen LogP contribution is -2.21. The molecule has 0 unspecified atom stereocenters. The highest BCUT2D eigenvalue weighted by atomic mass is 16.3. The monoisotopic (exact) mass is 459 g/mol. The van der Waals surface area contributed by atoms with Crippen molar-refractivity contribution in [1.82, 2.24) is 0 Å². The van der Waals surface area contributed by atoms with Crippen LogP contribution in [0.5, 0.6) is 5.75 Å². The number of aromatic hydroxyl groups is 1. The Hall–Kier alpha value is -3.87. The van der Waals surface area contributed by atoms with Crippen LogP contribution in [0.4, 0.5) is 28.4 Å². The largest absolute Gasteiger partial charge is 0.506 e. The van der Waals surface area contributed by atoms with Crippen LogP contribution in [0.15, 0.2) is 77.0 Å². The van der Waals surface area contributed by atoms with Crippen LogP contribution in [-0.4, -0.2) is 24.0 Å². The average molecular weight is 460 g/mol. The van der Waals surface area contributed by atoms with Crippen molar-refractivity contribution < 1.29 is 9.90 Å². The number of phenolic OH excluding ortho intramolecular Hbond substituents is 1. The molecule has 0 heterocycles. The number of Topliss-reactive ketones (excluding diaryl/α,β-unsaturated/α-hetero) is 1. The summed E-state index contributed by atoms with van der Waals surface area (Å²) in [5.41, 5.74) is 10.6. The van der Waals surface area contributed by atoms with Gasteiger partial charge < -0.3 is 20.9 Å². The zero-order valence-electron chi connectivity index (χ0n) is 20.1. The maximum Gasteiger partial charge on any atom is 0.162 e. The van der Waals surface area contributed by atoms with Crippen LogP contribution >= 0.6 is 0 Å². The van der Waals surface area contributed by atoms with E-state index in [1.165, 1.54) is 0 Å². The number of hydrogen-bond acceptors (Lipinski definition) is 7. The lowest BCUT2D eigenvalue weighted by Gasteiger charge is -2.20. The number of anilines is 3. The first-order chi connectivity index (χ1) is 16.5. The molecule has 0 radical (unpaired) electrons. The minimum atomic E-state index is 0.0205. The average Bonchev–Trinajstić information content (AvgIpc) is 2.87. The molecule has 0 atom stereocenters. The number of unbranched alkanes of at least 4 members (excludes halogenated alkanes) is 1. The lowest BCUT2D eigenvalue weighted by molar-refractivity contribution is 0.0980. The molecule has 0 fully saturated rings. The maximum atomic E-state index is 12.1. The number of carbonyl (C=O) groups excluding carboxylic acids is 1. The summed E-state index contributed by atoms with van der Waals surface area (Å²) in [5.74, 6) is 0.183. The Morgan fingerprint density at radius 2 is 1.50 bits per heavy atom. The predicted molar refractivity (Wildman–Crippen MR) is 140 cm³/mol. The molecule has 0 aliphatic rings. The Morgan fingerprint density at radius 1 is 0.853 bits per heavy atom. The number of nitrogens with zero attached hydrogens (tertiary/aromatic N) is 3. The second kappa shape index (κ2) is 12.4. The smallest absolute Gasteiger partial charge is 0.162 e. The summed E-state index contributed by atoms with van der Waals surface area (Å²) in [6.45, 7) is 8.22. The number of carbonyl (C=O) groups is 1. The van der Waals surface area contributed by atoms with Crippen molar-refractivity contribution in [2.75, 3.05) is 28.8 Å². The van der Waals surface area contributed by atoms with Gasteiger partial charge in [0.1, 0.15) is 11.4 Å². The molecule has 3 N–H and O–H groups in total. The fourth-order valence-corrected chi connectivity index (χ4v) is 3.48. The molecule has 0 aliphatic heterocycles. The molecular weight excluding hydrogens is 426 g/mol. The Morgan fingerprint density at radius 3 is 2.12 bits per heavy atom. The van der Waals surface area contributed by atoms with Crippen molar-refractivity contribution in [1.29, 1.82) is 0 Å². The fraction of sp³-hybridized carbons (Fsp3) is 0.296. The van der Waals surface area contributed by atoms with Crippen LogP contribution in [0.3, 0.4) is 0 Å². The fourth-order valence-electron chi connectivity index (χ4n) is 3.48. The zero-order valence-corrected chi connectivity index (χ0v) is 20.1. The minimum absolute atomic E-state index is 0.0205. The van der Waals surface area contributed by atoms with E-state index >= 15 is 0 Å². The second-order valence-corrected chi connectivity index (χ2v) is 7.95. The molecule has 7 heteroatoms. The topological polar surface area (TPSA) is 89.3 Å². The molecule has 0 aliphatic carbocycles. The van der Waals surface area contributed by atoms with Crippen molar-refractivity contribution >= 4 is 34.2 Å². The number of ketones is 1. The molecule has 178 valence electrons. The van der Waals surface area contributed by atoms with Crippen LogP contribution in [-0.2, 0) is 0 Å². The van der Waals surface area contributed by atoms with Crippen LogP contribution in [0.1, 0.15) is 50.4 Å². The van der Waals surface area contributed by atoms with E-state index in [1.54, 1.807) is 18.2 Å². The molecule has 0 bridgehead atoms. The van der Waals surface area contributed by atoms with E-state index in [2.05, 4.69) is 46.8 Å². The first-order valence-corrected chi connectivity index (χ1v) is 11.8. The minimum Gasteiger partial charge on any atom is -0.506 e. The third-order valence-corrected chi connectivity index (χ3v) is 5.54. The van der Waals surface area contributed by atoms with Gasteiger partial charge in [0.05, 0.1) is 17.1 Å². The standard InChI is InChI=1S/C27H33N5O2/c1-4-7-8-26(33)20-9-11-21(12-10-20)28-30-23-15-18-25(27(34)19-23)31-29-22-13-16-24(17-14-22)32(5-2)6-3/h9-19,28,30,34H,4-8H2,1-3H3. The van der Waals surface area contributed by atoms with Gasteiger partial charge in [-0.25, -0.2) is 0 Å². The highest BCUT2D eigenvalue weighted by Gasteiger charge is 2.06. The Bertz CT molecular complexity index is 1090. The maximum absolute atomic E-state index is 12.1. The van der Waals surface area contributed by atoms with E-state index < -0.39 is 0 Å². The summed E-state index contributed by atoms with van der Waals surface area (Å²) in [7, 11) is 0. The molecule has 7 nitrogen and oxygen atoms in total. The number of azo groups is 1. The Labute approximate surface area is 201 Å². The van der Waals surface area contributed by atoms with Crippen molar-refractivity contribution in [2.24, 2.45) is 10.2 Å². The van der Waals surface area contributed by atoms with Gasteiger partial charge in [-0.05, 0) is 80.9 Å². The van der Waals surface area contributed by atoms with E-state index in [0.717, 1.165) is 43.0 Å². The third-order valence-electron chi connectivity index (χ3n) is 5.54. The number of nitrogens with one attached hydrogen (secondary N) is 2. The highest BCUT2D eigenvalue weighted by Crippen LogP contribution is 2.31. The summed E-state index contributed by atoms with van der Waals surface area (Å²) < 4.78 is 0. The van der Waals surface area contributed by atoms with Crippen LogP contribution in [0, 0.1) is 0 Å². The molecule has 0 spiro atoms. The van der Waals surface area contributed by atoms with Gasteiger partial charge in [0.15, 0.2) is 5.78 Å². The van der Waals surface area contributed by atoms with Gasteiger partial charge in [-0.15, -0.1) is 5.11 Å². The number of phenols is 1. The van der Waals surface area contributed by atoms with E-state index in [1.807, 2.05) is 48.5 Å². The summed E-state index contributed by atoms with van der Waals surface area (Å²) in [6, 6.07) is 20.3. The summed E-state index contributed by atoms with van der Waals surface area (Å²) >= 11 is 0. The van der Waals surface area contributed by atoms with Crippen molar-refractivity contribution in [3.63, 3.8) is 0 Å². The number of hydrazine groups is 1. The van der Waals surface area contributed by atoms with Crippen LogP contribution in [0.25, 0.3) is 0 Å². The number of rotatable bonds is 12. The SMILES string of the molecule is CCCCC(=O)c1ccc(NNc2ccc(N=Nc3ccc(N(CC)CC)cc3)c(O)c2)cc1. The molecule has 34 heavy (non-hydrogen) atoms. The van der Waals surface area contributed by atoms with E-state index in [4.69, 9.17) is 0 Å². The molecule has 3 rings (SSSR count). The van der Waals surface area contributed by atoms with Gasteiger partial charge in [0.2, 0.25) is 0 Å². The predicted octanol–water partition coefficient (Wildman–Crippen LogP) is 7.47. The summed E-state index contributed by atoms with van der Waals surface area (Å²) in [6.07, 6.45) is 2.49. The van der Waals surface area contributed by atoms with Gasteiger partial charge in [-0.2, -0.15) is 5.11 Å². The number of benzene rings is 3. The normalized spacial score (nSPS) is 10.9. The van der Waals surface area contributed by atoms with Crippen molar-refractivity contribution in [2.45, 2.75) is 40.0 Å². The molecule has 0 saturated heterocycles. The molecule has 0 aromatic heterocycles. The van der Waals surface area contributed by atoms with E-state index in [-0.39, 0.29) is 11.5 Å². The zero-order chi connectivity index (χ0) is 24.3. The van der Waals surface area contributed by atoms with Gasteiger partial charge in [-0.3, -0.25) is 4.79 Å². The number of hydrogen-bond donors (Lipinski definition) is 3. The first kappa shape index (κ1) is 24.8. The molecule has 3 aromatic carbocycles. The van der Waals surface area contributed by atoms with E-state index in [9.17, 15) is 9.90 Å². The summed E-state index contributed by atoms with van der Waals surface area (Å²) in [5, 5.41) is 18.8. The quantitative estimate of drug-likeness (QED) is 0.148. The van der Waals surface area contributed by atoms with Crippen LogP contribution in [0.2, 0.25) is 0 Å². The van der Waals surface area contributed by atoms with Crippen LogP contribution < -0.4 is 15.8 Å². The highest BCUT2D eigenvalue weighted by molar-refractivity contribution is 5.96. The first-order valence-electron chi connectivity index (χ1n) is 11.8.